The molecule has 1 aromatic heterocycles. The number of rotatable bonds is 5. The van der Waals surface area contributed by atoms with E-state index in [1.54, 1.807) is 18.2 Å². The molecule has 0 atom stereocenters. The van der Waals surface area contributed by atoms with Gasteiger partial charge in [-0.3, -0.25) is 20.2 Å². The van der Waals surface area contributed by atoms with Crippen molar-refractivity contribution in [2.45, 2.75) is 0 Å². The minimum Gasteiger partial charge on any atom is -0.478 e. The van der Waals surface area contributed by atoms with E-state index < -0.39 is 16.8 Å². The number of benzene rings is 2. The second-order valence-electron chi connectivity index (χ2n) is 5.73. The van der Waals surface area contributed by atoms with Crippen LogP contribution in [0.3, 0.4) is 0 Å². The van der Waals surface area contributed by atoms with Gasteiger partial charge in [-0.2, -0.15) is 0 Å². The Kier molecular flexibility index (Phi) is 5.65. The van der Waals surface area contributed by atoms with Crippen molar-refractivity contribution in [3.05, 3.63) is 82.1 Å². The summed E-state index contributed by atoms with van der Waals surface area (Å²) in [5.41, 5.74) is 0.554. The molecular formula is C19H13N3O6S. The summed E-state index contributed by atoms with van der Waals surface area (Å²) < 4.78 is 5.46. The van der Waals surface area contributed by atoms with Crippen LogP contribution >= 0.6 is 12.2 Å². The fourth-order valence-corrected chi connectivity index (χ4v) is 2.69. The average Bonchev–Trinajstić information content (AvgIpc) is 3.18. The zero-order valence-electron chi connectivity index (χ0n) is 14.6. The van der Waals surface area contributed by atoms with Crippen molar-refractivity contribution < 1.29 is 24.0 Å². The number of nitrogens with zero attached hydrogens (tertiary/aromatic N) is 1. The number of carbonyl (C=O) groups is 2. The monoisotopic (exact) mass is 411 g/mol. The van der Waals surface area contributed by atoms with E-state index >= 15 is 0 Å². The molecule has 9 nitrogen and oxygen atoms in total. The molecule has 0 fully saturated rings. The number of hydrogen-bond donors (Lipinski definition) is 3. The molecule has 0 aliphatic carbocycles. The number of amides is 1. The molecule has 29 heavy (non-hydrogen) atoms. The highest BCUT2D eigenvalue weighted by Crippen LogP contribution is 2.25. The molecular weight excluding hydrogens is 398 g/mol. The lowest BCUT2D eigenvalue weighted by Gasteiger charge is -2.10. The fourth-order valence-electron chi connectivity index (χ4n) is 2.48. The smallest absolute Gasteiger partial charge is 0.337 e. The van der Waals surface area contributed by atoms with E-state index in [4.69, 9.17) is 16.6 Å². The van der Waals surface area contributed by atoms with Gasteiger partial charge in [0.2, 0.25) is 0 Å². The summed E-state index contributed by atoms with van der Waals surface area (Å²) in [4.78, 5) is 33.9. The minimum absolute atomic E-state index is 0.00458. The molecule has 0 saturated carbocycles. The van der Waals surface area contributed by atoms with Gasteiger partial charge in [0.25, 0.3) is 11.6 Å². The SMILES string of the molecule is O=C(NC(=S)Nc1ccccc1C(=O)O)c1ccc(-c2cccc([N+](=O)[O-])c2)o1. The van der Waals surface area contributed by atoms with E-state index in [9.17, 15) is 24.8 Å². The molecule has 0 saturated heterocycles. The summed E-state index contributed by atoms with van der Waals surface area (Å²) >= 11 is 5.05. The molecule has 0 aliphatic rings. The highest BCUT2D eigenvalue weighted by atomic mass is 32.1. The second-order valence-corrected chi connectivity index (χ2v) is 6.14. The number of carboxylic acids is 1. The van der Waals surface area contributed by atoms with Crippen LogP contribution in [0, 0.1) is 10.1 Å². The van der Waals surface area contributed by atoms with Crippen LogP contribution in [-0.2, 0) is 0 Å². The van der Waals surface area contributed by atoms with Crippen LogP contribution in [0.1, 0.15) is 20.9 Å². The Balaban J connectivity index is 1.71. The largest absolute Gasteiger partial charge is 0.478 e. The first-order valence-corrected chi connectivity index (χ1v) is 8.55. The van der Waals surface area contributed by atoms with Crippen molar-refractivity contribution in [2.24, 2.45) is 0 Å². The molecule has 1 amide bonds. The van der Waals surface area contributed by atoms with Gasteiger partial charge in [0.1, 0.15) is 5.76 Å². The number of nitro groups is 1. The van der Waals surface area contributed by atoms with Crippen LogP contribution in [0.2, 0.25) is 0 Å². The van der Waals surface area contributed by atoms with E-state index in [-0.39, 0.29) is 33.6 Å². The van der Waals surface area contributed by atoms with Gasteiger partial charge in [0.05, 0.1) is 16.2 Å². The molecule has 0 radical (unpaired) electrons. The van der Waals surface area contributed by atoms with Crippen LogP contribution in [0.25, 0.3) is 11.3 Å². The quantitative estimate of drug-likeness (QED) is 0.329. The standard InChI is InChI=1S/C19H13N3O6S/c23-17(21-19(29)20-14-7-2-1-6-13(14)18(24)25)16-9-8-15(28-16)11-4-3-5-12(10-11)22(26)27/h1-10H,(H,24,25)(H2,20,21,23,29). The molecule has 3 aromatic rings. The number of para-hydroxylation sites is 1. The number of hydrogen-bond acceptors (Lipinski definition) is 6. The number of nitrogens with one attached hydrogen (secondary N) is 2. The number of carbonyl (C=O) groups excluding carboxylic acids is 1. The number of anilines is 1. The third kappa shape index (κ3) is 4.62. The van der Waals surface area contributed by atoms with Gasteiger partial charge < -0.3 is 14.8 Å². The lowest BCUT2D eigenvalue weighted by Crippen LogP contribution is -2.34. The van der Waals surface area contributed by atoms with E-state index in [1.807, 2.05) is 0 Å². The van der Waals surface area contributed by atoms with Gasteiger partial charge in [-0.15, -0.1) is 0 Å². The van der Waals surface area contributed by atoms with Crippen molar-refractivity contribution in [1.29, 1.82) is 0 Å². The van der Waals surface area contributed by atoms with Crippen LogP contribution in [0.5, 0.6) is 0 Å². The molecule has 0 aliphatic heterocycles. The Morgan fingerprint density at radius 1 is 1.07 bits per heavy atom. The van der Waals surface area contributed by atoms with Gasteiger partial charge in [-0.25, -0.2) is 4.79 Å². The first kappa shape index (κ1) is 19.7. The summed E-state index contributed by atoms with van der Waals surface area (Å²) in [5.74, 6) is -1.60. The summed E-state index contributed by atoms with van der Waals surface area (Å²) in [6, 6.07) is 14.8. The molecule has 0 unspecified atom stereocenters. The topological polar surface area (TPSA) is 135 Å². The Morgan fingerprint density at radius 3 is 2.55 bits per heavy atom. The zero-order chi connectivity index (χ0) is 21.0. The Bertz CT molecular complexity index is 1120. The van der Waals surface area contributed by atoms with Crippen molar-refractivity contribution >= 4 is 40.6 Å². The first-order valence-electron chi connectivity index (χ1n) is 8.14. The molecule has 3 rings (SSSR count). The number of thiocarbonyl (C=S) groups is 1. The molecule has 1 heterocycles. The number of nitro benzene ring substituents is 1. The maximum atomic E-state index is 12.3. The Hall–Kier alpha value is -4.05. The molecule has 3 N–H and O–H groups in total. The number of carboxylic acid groups (broad SMARTS) is 1. The number of furan rings is 1. The Labute approximate surface area is 169 Å². The van der Waals surface area contributed by atoms with Gasteiger partial charge in [0, 0.05) is 17.7 Å². The predicted octanol–water partition coefficient (Wildman–Crippen LogP) is 3.68. The average molecular weight is 411 g/mol. The van der Waals surface area contributed by atoms with E-state index in [0.29, 0.717) is 5.56 Å². The summed E-state index contributed by atoms with van der Waals surface area (Å²) in [6.45, 7) is 0. The third-order valence-corrected chi connectivity index (χ3v) is 4.01. The number of aromatic carboxylic acids is 1. The zero-order valence-corrected chi connectivity index (χ0v) is 15.4. The van der Waals surface area contributed by atoms with E-state index in [1.165, 1.54) is 42.5 Å². The molecule has 146 valence electrons. The third-order valence-electron chi connectivity index (χ3n) is 3.80. The summed E-state index contributed by atoms with van der Waals surface area (Å²) in [6.07, 6.45) is 0. The highest BCUT2D eigenvalue weighted by Gasteiger charge is 2.16. The van der Waals surface area contributed by atoms with Gasteiger partial charge in [-0.1, -0.05) is 24.3 Å². The summed E-state index contributed by atoms with van der Waals surface area (Å²) in [7, 11) is 0. The lowest BCUT2D eigenvalue weighted by molar-refractivity contribution is -0.384. The van der Waals surface area contributed by atoms with Gasteiger partial charge >= 0.3 is 5.97 Å². The predicted molar refractivity (Wildman–Crippen MR) is 108 cm³/mol. The van der Waals surface area contributed by atoms with Crippen molar-refractivity contribution in [3.63, 3.8) is 0 Å². The lowest BCUT2D eigenvalue weighted by atomic mass is 10.1. The normalized spacial score (nSPS) is 10.2. The van der Waals surface area contributed by atoms with E-state index in [2.05, 4.69) is 10.6 Å². The highest BCUT2D eigenvalue weighted by molar-refractivity contribution is 7.80. The maximum Gasteiger partial charge on any atom is 0.337 e. The first-order chi connectivity index (χ1) is 13.8. The van der Waals surface area contributed by atoms with Crippen molar-refractivity contribution in [2.75, 3.05) is 5.32 Å². The van der Waals surface area contributed by atoms with Gasteiger partial charge in [0.15, 0.2) is 10.9 Å². The molecule has 2 aromatic carbocycles. The number of non-ortho nitro benzene ring substituents is 1. The van der Waals surface area contributed by atoms with Crippen molar-refractivity contribution in [3.8, 4) is 11.3 Å². The summed E-state index contributed by atoms with van der Waals surface area (Å²) in [5, 5.41) is 25.0. The van der Waals surface area contributed by atoms with Gasteiger partial charge in [-0.05, 0) is 36.5 Å². The van der Waals surface area contributed by atoms with Crippen molar-refractivity contribution in [1.82, 2.24) is 5.32 Å². The van der Waals surface area contributed by atoms with Crippen LogP contribution in [0.15, 0.2) is 65.1 Å². The second kappa shape index (κ2) is 8.31. The fraction of sp³-hybridized carbons (Fsp3) is 0. The molecule has 0 bridgehead atoms. The van der Waals surface area contributed by atoms with Crippen LogP contribution < -0.4 is 10.6 Å². The molecule has 0 spiro atoms. The maximum absolute atomic E-state index is 12.3. The Morgan fingerprint density at radius 2 is 1.83 bits per heavy atom. The minimum atomic E-state index is -1.14. The molecule has 10 heteroatoms. The van der Waals surface area contributed by atoms with Crippen LogP contribution in [0.4, 0.5) is 11.4 Å². The van der Waals surface area contributed by atoms with Crippen LogP contribution in [-0.4, -0.2) is 27.0 Å². The van der Waals surface area contributed by atoms with E-state index in [0.717, 1.165) is 0 Å².